The summed E-state index contributed by atoms with van der Waals surface area (Å²) in [5.41, 5.74) is 4.02. The predicted molar refractivity (Wildman–Crippen MR) is 122 cm³/mol. The number of rotatable bonds is 9. The van der Waals surface area contributed by atoms with Crippen LogP contribution in [0.25, 0.3) is 11.1 Å². The summed E-state index contributed by atoms with van der Waals surface area (Å²) in [5, 5.41) is 11.3. The number of alkyl halides is 3. The second-order valence-electron chi connectivity index (χ2n) is 8.54. The minimum absolute atomic E-state index is 0.0390. The topological polar surface area (TPSA) is 95.9 Å². The summed E-state index contributed by atoms with van der Waals surface area (Å²) in [4.78, 5) is 36.8. The van der Waals surface area contributed by atoms with Crippen LogP contribution < -0.4 is 5.32 Å². The standard InChI is InChI=1S/C25H27F3N2O5/c1-3-15(2)22(23(33)30(12-21(31)32)14-25(26,27)28)29-24(34)35-13-20-18-10-6-4-8-16(18)17-9-5-7-11-19(17)20/h4-11,15,20,22H,3,12-14H2,1-2H3,(H,29,34)(H,31,32)/t15-,22-/m0/s1. The van der Waals surface area contributed by atoms with E-state index in [1.54, 1.807) is 13.8 Å². The molecule has 0 radical (unpaired) electrons. The van der Waals surface area contributed by atoms with Gasteiger partial charge in [-0.05, 0) is 28.2 Å². The Labute approximate surface area is 200 Å². The van der Waals surface area contributed by atoms with Crippen molar-refractivity contribution in [3.05, 3.63) is 59.7 Å². The third kappa shape index (κ3) is 6.32. The van der Waals surface area contributed by atoms with E-state index in [1.807, 2.05) is 48.5 Å². The van der Waals surface area contributed by atoms with Crippen LogP contribution in [0.3, 0.4) is 0 Å². The van der Waals surface area contributed by atoms with Crippen LogP contribution in [0.5, 0.6) is 0 Å². The lowest BCUT2D eigenvalue weighted by Crippen LogP contribution is -2.54. The van der Waals surface area contributed by atoms with Gasteiger partial charge >= 0.3 is 18.2 Å². The van der Waals surface area contributed by atoms with Gasteiger partial charge in [0.1, 0.15) is 25.7 Å². The second kappa shape index (κ2) is 10.8. The highest BCUT2D eigenvalue weighted by molar-refractivity contribution is 5.88. The van der Waals surface area contributed by atoms with Crippen molar-refractivity contribution in [2.45, 2.75) is 38.4 Å². The Kier molecular flexibility index (Phi) is 8.03. The normalized spacial score (nSPS) is 14.4. The number of nitrogens with zero attached hydrogens (tertiary/aromatic N) is 1. The van der Waals surface area contributed by atoms with Crippen LogP contribution in [0.15, 0.2) is 48.5 Å². The van der Waals surface area contributed by atoms with Gasteiger partial charge in [-0.2, -0.15) is 13.2 Å². The number of carboxylic acid groups (broad SMARTS) is 1. The van der Waals surface area contributed by atoms with E-state index in [-0.39, 0.29) is 17.4 Å². The van der Waals surface area contributed by atoms with Crippen LogP contribution >= 0.6 is 0 Å². The van der Waals surface area contributed by atoms with E-state index in [1.165, 1.54) is 0 Å². The smallest absolute Gasteiger partial charge is 0.407 e. The summed E-state index contributed by atoms with van der Waals surface area (Å²) in [6, 6.07) is 14.0. The van der Waals surface area contributed by atoms with Gasteiger partial charge < -0.3 is 20.1 Å². The summed E-state index contributed by atoms with van der Waals surface area (Å²) in [6.07, 6.45) is -5.41. The number of aliphatic carboxylic acids is 1. The number of carboxylic acids is 1. The van der Waals surface area contributed by atoms with Crippen molar-refractivity contribution in [2.75, 3.05) is 19.7 Å². The first-order valence-corrected chi connectivity index (χ1v) is 11.2. The Morgan fingerprint density at radius 1 is 1.06 bits per heavy atom. The quantitative estimate of drug-likeness (QED) is 0.541. The van der Waals surface area contributed by atoms with Crippen molar-refractivity contribution >= 4 is 18.0 Å². The van der Waals surface area contributed by atoms with E-state index in [4.69, 9.17) is 9.84 Å². The molecule has 0 unspecified atom stereocenters. The molecule has 3 rings (SSSR count). The monoisotopic (exact) mass is 492 g/mol. The number of ether oxygens (including phenoxy) is 1. The molecule has 188 valence electrons. The predicted octanol–water partition coefficient (Wildman–Crippen LogP) is 4.42. The highest BCUT2D eigenvalue weighted by atomic mass is 19.4. The molecular weight excluding hydrogens is 465 g/mol. The molecule has 0 heterocycles. The van der Waals surface area contributed by atoms with Gasteiger partial charge in [-0.1, -0.05) is 68.8 Å². The van der Waals surface area contributed by atoms with E-state index in [0.717, 1.165) is 22.3 Å². The Hall–Kier alpha value is -3.56. The lowest BCUT2D eigenvalue weighted by Gasteiger charge is -2.30. The second-order valence-corrected chi connectivity index (χ2v) is 8.54. The summed E-state index contributed by atoms with van der Waals surface area (Å²) in [6.45, 7) is 0.367. The number of hydrogen-bond acceptors (Lipinski definition) is 4. The molecule has 0 aliphatic heterocycles. The summed E-state index contributed by atoms with van der Waals surface area (Å²) >= 11 is 0. The molecule has 0 bridgehead atoms. The Balaban J connectivity index is 1.73. The lowest BCUT2D eigenvalue weighted by atomic mass is 9.97. The fourth-order valence-electron chi connectivity index (χ4n) is 4.24. The van der Waals surface area contributed by atoms with Gasteiger partial charge in [-0.3, -0.25) is 9.59 Å². The zero-order chi connectivity index (χ0) is 25.8. The molecule has 0 saturated carbocycles. The van der Waals surface area contributed by atoms with E-state index in [9.17, 15) is 27.6 Å². The highest BCUT2D eigenvalue weighted by Gasteiger charge is 2.38. The molecule has 0 saturated heterocycles. The summed E-state index contributed by atoms with van der Waals surface area (Å²) < 4.78 is 44.3. The number of hydrogen-bond donors (Lipinski definition) is 2. The lowest BCUT2D eigenvalue weighted by molar-refractivity contribution is -0.167. The number of fused-ring (bicyclic) bond motifs is 3. The summed E-state index contributed by atoms with van der Waals surface area (Å²) in [7, 11) is 0. The van der Waals surface area contributed by atoms with Gasteiger partial charge in [-0.15, -0.1) is 0 Å². The molecule has 10 heteroatoms. The molecule has 1 aliphatic rings. The number of alkyl carbamates (subject to hydrolysis) is 1. The van der Waals surface area contributed by atoms with Crippen molar-refractivity contribution in [2.24, 2.45) is 5.92 Å². The number of halogens is 3. The van der Waals surface area contributed by atoms with E-state index >= 15 is 0 Å². The van der Waals surface area contributed by atoms with Crippen LogP contribution in [-0.4, -0.2) is 59.9 Å². The molecule has 2 N–H and O–H groups in total. The van der Waals surface area contributed by atoms with Gasteiger partial charge in [0.05, 0.1) is 0 Å². The molecule has 2 atom stereocenters. The summed E-state index contributed by atoms with van der Waals surface area (Å²) in [5.74, 6) is -3.52. The van der Waals surface area contributed by atoms with E-state index in [0.29, 0.717) is 6.42 Å². The van der Waals surface area contributed by atoms with Crippen molar-refractivity contribution < 1.29 is 37.4 Å². The molecule has 0 fully saturated rings. The number of carbonyl (C=O) groups excluding carboxylic acids is 2. The van der Waals surface area contributed by atoms with Gasteiger partial charge in [0.2, 0.25) is 5.91 Å². The largest absolute Gasteiger partial charge is 0.480 e. The van der Waals surface area contributed by atoms with Gasteiger partial charge in [0.25, 0.3) is 0 Å². The Morgan fingerprint density at radius 3 is 2.09 bits per heavy atom. The van der Waals surface area contributed by atoms with Crippen molar-refractivity contribution in [3.63, 3.8) is 0 Å². The van der Waals surface area contributed by atoms with Gasteiger partial charge in [-0.25, -0.2) is 4.79 Å². The minimum Gasteiger partial charge on any atom is -0.480 e. The van der Waals surface area contributed by atoms with E-state index < -0.39 is 49.2 Å². The third-order valence-electron chi connectivity index (χ3n) is 6.10. The van der Waals surface area contributed by atoms with E-state index in [2.05, 4.69) is 5.32 Å². The zero-order valence-electron chi connectivity index (χ0n) is 19.3. The fourth-order valence-corrected chi connectivity index (χ4v) is 4.24. The first-order valence-electron chi connectivity index (χ1n) is 11.2. The fraction of sp³-hybridized carbons (Fsp3) is 0.400. The van der Waals surface area contributed by atoms with Crippen molar-refractivity contribution in [3.8, 4) is 11.1 Å². The average Bonchev–Trinajstić information content (AvgIpc) is 3.12. The Morgan fingerprint density at radius 2 is 1.60 bits per heavy atom. The maximum absolute atomic E-state index is 13.0. The molecule has 2 aromatic carbocycles. The molecule has 35 heavy (non-hydrogen) atoms. The molecule has 2 aromatic rings. The van der Waals surface area contributed by atoms with Gasteiger partial charge in [0, 0.05) is 5.92 Å². The number of amides is 2. The molecule has 7 nitrogen and oxygen atoms in total. The Bertz CT molecular complexity index is 1040. The SMILES string of the molecule is CC[C@H](C)[C@H](NC(=O)OCC1c2ccccc2-c2ccccc21)C(=O)N(CC(=O)O)CC(F)(F)F. The van der Waals surface area contributed by atoms with Crippen LogP contribution in [0.1, 0.15) is 37.3 Å². The van der Waals surface area contributed by atoms with Crippen LogP contribution in [0.4, 0.5) is 18.0 Å². The number of benzene rings is 2. The molecular formula is C25H27F3N2O5. The maximum Gasteiger partial charge on any atom is 0.407 e. The highest BCUT2D eigenvalue weighted by Crippen LogP contribution is 2.44. The third-order valence-corrected chi connectivity index (χ3v) is 6.10. The molecule has 2 amide bonds. The van der Waals surface area contributed by atoms with Crippen LogP contribution in [-0.2, 0) is 14.3 Å². The maximum atomic E-state index is 13.0. The molecule has 0 spiro atoms. The molecule has 0 aromatic heterocycles. The van der Waals surface area contributed by atoms with Crippen LogP contribution in [0.2, 0.25) is 0 Å². The first-order chi connectivity index (χ1) is 16.5. The number of carbonyl (C=O) groups is 3. The zero-order valence-corrected chi connectivity index (χ0v) is 19.3. The first kappa shape index (κ1) is 26.1. The van der Waals surface area contributed by atoms with Gasteiger partial charge in [0.15, 0.2) is 0 Å². The van der Waals surface area contributed by atoms with Crippen molar-refractivity contribution in [1.82, 2.24) is 10.2 Å². The molecule has 1 aliphatic carbocycles. The van der Waals surface area contributed by atoms with Crippen molar-refractivity contribution in [1.29, 1.82) is 0 Å². The number of nitrogens with one attached hydrogen (secondary N) is 1. The van der Waals surface area contributed by atoms with Crippen LogP contribution in [0, 0.1) is 5.92 Å². The minimum atomic E-state index is -4.80. The average molecular weight is 492 g/mol.